The predicted molar refractivity (Wildman–Crippen MR) is 79.6 cm³/mol. The first-order valence-corrected chi connectivity index (χ1v) is 6.14. The van der Waals surface area contributed by atoms with E-state index < -0.39 is 0 Å². The van der Waals surface area contributed by atoms with E-state index in [2.05, 4.69) is 10.3 Å². The van der Waals surface area contributed by atoms with Crippen molar-refractivity contribution in [1.29, 1.82) is 0 Å². The van der Waals surface area contributed by atoms with Gasteiger partial charge >= 0.3 is 0 Å². The Morgan fingerprint density at radius 2 is 2.17 bits per heavy atom. The SMILES string of the molecule is Cc1ncccc1Nc1ccc(C(N)=S)c(Cl)c1. The van der Waals surface area contributed by atoms with Crippen molar-refractivity contribution < 1.29 is 0 Å². The van der Waals surface area contributed by atoms with E-state index in [4.69, 9.17) is 29.6 Å². The Bertz CT molecular complexity index is 599. The molecule has 0 atom stereocenters. The first kappa shape index (κ1) is 12.8. The van der Waals surface area contributed by atoms with E-state index in [0.29, 0.717) is 15.6 Å². The van der Waals surface area contributed by atoms with Crippen LogP contribution >= 0.6 is 23.8 Å². The average molecular weight is 278 g/mol. The molecule has 1 aromatic carbocycles. The monoisotopic (exact) mass is 277 g/mol. The third-order valence-electron chi connectivity index (χ3n) is 2.52. The van der Waals surface area contributed by atoms with Crippen LogP contribution in [0, 0.1) is 6.92 Å². The Morgan fingerprint density at radius 3 is 2.78 bits per heavy atom. The van der Waals surface area contributed by atoms with Crippen molar-refractivity contribution in [3.63, 3.8) is 0 Å². The molecule has 0 saturated carbocycles. The van der Waals surface area contributed by atoms with E-state index in [0.717, 1.165) is 17.1 Å². The lowest BCUT2D eigenvalue weighted by atomic mass is 10.2. The van der Waals surface area contributed by atoms with Gasteiger partial charge in [-0.2, -0.15) is 0 Å². The van der Waals surface area contributed by atoms with Gasteiger partial charge in [0.2, 0.25) is 0 Å². The van der Waals surface area contributed by atoms with Crippen molar-refractivity contribution in [3.8, 4) is 0 Å². The smallest absolute Gasteiger partial charge is 0.105 e. The second kappa shape index (κ2) is 5.33. The van der Waals surface area contributed by atoms with Crippen LogP contribution in [-0.4, -0.2) is 9.97 Å². The summed E-state index contributed by atoms with van der Waals surface area (Å²) >= 11 is 11.0. The molecule has 92 valence electrons. The van der Waals surface area contributed by atoms with Crippen molar-refractivity contribution in [2.45, 2.75) is 6.92 Å². The molecule has 0 radical (unpaired) electrons. The minimum Gasteiger partial charge on any atom is -0.389 e. The number of nitrogens with one attached hydrogen (secondary N) is 1. The molecule has 5 heteroatoms. The number of hydrogen-bond donors (Lipinski definition) is 2. The van der Waals surface area contributed by atoms with Gasteiger partial charge in [0, 0.05) is 17.4 Å². The average Bonchev–Trinajstić information content (AvgIpc) is 2.32. The van der Waals surface area contributed by atoms with Crippen LogP contribution in [0.4, 0.5) is 11.4 Å². The summed E-state index contributed by atoms with van der Waals surface area (Å²) in [6.07, 6.45) is 1.75. The lowest BCUT2D eigenvalue weighted by Gasteiger charge is -2.10. The molecule has 1 aromatic heterocycles. The summed E-state index contributed by atoms with van der Waals surface area (Å²) in [5, 5.41) is 3.78. The quantitative estimate of drug-likeness (QED) is 0.844. The van der Waals surface area contributed by atoms with Gasteiger partial charge < -0.3 is 11.1 Å². The van der Waals surface area contributed by atoms with E-state index in [1.165, 1.54) is 0 Å². The molecular formula is C13H12ClN3S. The topological polar surface area (TPSA) is 50.9 Å². The van der Waals surface area contributed by atoms with Crippen LogP contribution < -0.4 is 11.1 Å². The number of rotatable bonds is 3. The van der Waals surface area contributed by atoms with Gasteiger partial charge in [-0.15, -0.1) is 0 Å². The fourth-order valence-electron chi connectivity index (χ4n) is 1.56. The normalized spacial score (nSPS) is 10.1. The Labute approximate surface area is 116 Å². The molecule has 3 N–H and O–H groups in total. The zero-order valence-electron chi connectivity index (χ0n) is 9.77. The highest BCUT2D eigenvalue weighted by atomic mass is 35.5. The highest BCUT2D eigenvalue weighted by Crippen LogP contribution is 2.24. The van der Waals surface area contributed by atoms with E-state index >= 15 is 0 Å². The summed E-state index contributed by atoms with van der Waals surface area (Å²) < 4.78 is 0. The van der Waals surface area contributed by atoms with E-state index in [9.17, 15) is 0 Å². The van der Waals surface area contributed by atoms with Crippen molar-refractivity contribution in [2.24, 2.45) is 5.73 Å². The van der Waals surface area contributed by atoms with Gasteiger partial charge in [-0.05, 0) is 37.3 Å². The number of anilines is 2. The number of nitrogens with two attached hydrogens (primary N) is 1. The van der Waals surface area contributed by atoms with Crippen LogP contribution in [0.1, 0.15) is 11.3 Å². The Morgan fingerprint density at radius 1 is 1.39 bits per heavy atom. The molecule has 2 rings (SSSR count). The van der Waals surface area contributed by atoms with Gasteiger partial charge in [-0.25, -0.2) is 0 Å². The highest BCUT2D eigenvalue weighted by Gasteiger charge is 2.05. The molecule has 0 spiro atoms. The van der Waals surface area contributed by atoms with Crippen molar-refractivity contribution in [3.05, 3.63) is 52.8 Å². The molecule has 0 aliphatic heterocycles. The van der Waals surface area contributed by atoms with Crippen LogP contribution in [0.3, 0.4) is 0 Å². The minimum absolute atomic E-state index is 0.295. The summed E-state index contributed by atoms with van der Waals surface area (Å²) in [4.78, 5) is 4.50. The van der Waals surface area contributed by atoms with Crippen LogP contribution in [0.25, 0.3) is 0 Å². The fourth-order valence-corrected chi connectivity index (χ4v) is 2.08. The molecule has 0 saturated heterocycles. The van der Waals surface area contributed by atoms with Gasteiger partial charge in [-0.3, -0.25) is 4.98 Å². The van der Waals surface area contributed by atoms with Crippen molar-refractivity contribution in [1.82, 2.24) is 4.98 Å². The summed E-state index contributed by atoms with van der Waals surface area (Å²) in [6, 6.07) is 9.31. The molecule has 18 heavy (non-hydrogen) atoms. The van der Waals surface area contributed by atoms with Crippen molar-refractivity contribution in [2.75, 3.05) is 5.32 Å². The van der Waals surface area contributed by atoms with Crippen LogP contribution in [0.5, 0.6) is 0 Å². The van der Waals surface area contributed by atoms with Crippen molar-refractivity contribution >= 4 is 40.2 Å². The third-order valence-corrected chi connectivity index (χ3v) is 3.05. The standard InChI is InChI=1S/C13H12ClN3S/c1-8-12(3-2-6-16-8)17-9-4-5-10(13(15)18)11(14)7-9/h2-7,17H,1H3,(H2,15,18). The number of halogens is 1. The van der Waals surface area contributed by atoms with E-state index in [1.54, 1.807) is 18.3 Å². The second-order valence-corrected chi connectivity index (χ2v) is 4.67. The molecule has 3 nitrogen and oxygen atoms in total. The molecule has 0 aliphatic rings. The molecule has 1 heterocycles. The molecule has 0 unspecified atom stereocenters. The zero-order chi connectivity index (χ0) is 13.1. The third kappa shape index (κ3) is 2.78. The second-order valence-electron chi connectivity index (χ2n) is 3.82. The molecule has 0 bridgehead atoms. The highest BCUT2D eigenvalue weighted by molar-refractivity contribution is 7.80. The first-order valence-electron chi connectivity index (χ1n) is 5.36. The van der Waals surface area contributed by atoms with Gasteiger partial charge in [0.05, 0.1) is 16.4 Å². The van der Waals surface area contributed by atoms with Crippen LogP contribution in [-0.2, 0) is 0 Å². The number of aryl methyl sites for hydroxylation is 1. The van der Waals surface area contributed by atoms with Gasteiger partial charge in [0.15, 0.2) is 0 Å². The van der Waals surface area contributed by atoms with Crippen LogP contribution in [0.15, 0.2) is 36.5 Å². The molecule has 0 aliphatic carbocycles. The summed E-state index contributed by atoms with van der Waals surface area (Å²) in [5.74, 6) is 0. The lowest BCUT2D eigenvalue weighted by molar-refractivity contribution is 1.20. The molecular weight excluding hydrogens is 266 g/mol. The minimum atomic E-state index is 0.295. The largest absolute Gasteiger partial charge is 0.389 e. The maximum Gasteiger partial charge on any atom is 0.105 e. The number of nitrogens with zero attached hydrogens (tertiary/aromatic N) is 1. The van der Waals surface area contributed by atoms with Gasteiger partial charge in [0.1, 0.15) is 4.99 Å². The van der Waals surface area contributed by atoms with E-state index in [1.807, 2.05) is 25.1 Å². The molecule has 0 fully saturated rings. The Kier molecular flexibility index (Phi) is 3.79. The molecule has 0 amide bonds. The van der Waals surface area contributed by atoms with Crippen LogP contribution in [0.2, 0.25) is 5.02 Å². The predicted octanol–water partition coefficient (Wildman–Crippen LogP) is 3.42. The maximum absolute atomic E-state index is 6.11. The number of pyridine rings is 1. The fraction of sp³-hybridized carbons (Fsp3) is 0.0769. The summed E-state index contributed by atoms with van der Waals surface area (Å²) in [7, 11) is 0. The number of thiocarbonyl (C=S) groups is 1. The first-order chi connectivity index (χ1) is 8.58. The Balaban J connectivity index is 2.29. The maximum atomic E-state index is 6.11. The number of aromatic nitrogens is 1. The molecule has 2 aromatic rings. The number of benzene rings is 1. The summed E-state index contributed by atoms with van der Waals surface area (Å²) in [6.45, 7) is 1.94. The Hall–Kier alpha value is -1.65. The zero-order valence-corrected chi connectivity index (χ0v) is 11.3. The number of hydrogen-bond acceptors (Lipinski definition) is 3. The lowest BCUT2D eigenvalue weighted by Crippen LogP contribution is -2.10. The summed E-state index contributed by atoms with van der Waals surface area (Å²) in [5.41, 5.74) is 8.97. The van der Waals surface area contributed by atoms with Gasteiger partial charge in [-0.1, -0.05) is 23.8 Å². The van der Waals surface area contributed by atoms with Gasteiger partial charge in [0.25, 0.3) is 0 Å². The van der Waals surface area contributed by atoms with E-state index in [-0.39, 0.29) is 0 Å².